The average Bonchev–Trinajstić information content (AvgIpc) is 3.21. The molecule has 1 aliphatic carbocycles. The van der Waals surface area contributed by atoms with Crippen molar-refractivity contribution < 1.29 is 14.3 Å². The Morgan fingerprint density at radius 2 is 1.94 bits per heavy atom. The Hall–Kier alpha value is -3.71. The molecule has 0 fully saturated rings. The maximum Gasteiger partial charge on any atom is 0.257 e. The number of nitrogens with zero attached hydrogens (tertiary/aromatic N) is 1. The van der Waals surface area contributed by atoms with Gasteiger partial charge in [-0.2, -0.15) is 0 Å². The zero-order chi connectivity index (χ0) is 24.5. The number of nitrogens with two attached hydrogens (primary N) is 1. The third-order valence-corrected chi connectivity index (χ3v) is 7.58. The number of para-hydroxylation sites is 1. The number of primary amides is 1. The minimum atomic E-state index is -0.498. The number of anilines is 1. The van der Waals surface area contributed by atoms with Crippen molar-refractivity contribution in [3.05, 3.63) is 76.2 Å². The summed E-state index contributed by atoms with van der Waals surface area (Å²) in [7, 11) is 0. The van der Waals surface area contributed by atoms with Crippen LogP contribution in [0.2, 0.25) is 0 Å². The minimum absolute atomic E-state index is 0.287. The van der Waals surface area contributed by atoms with Crippen molar-refractivity contribution in [1.82, 2.24) is 4.98 Å². The topological polar surface area (TPSA) is 94.3 Å². The summed E-state index contributed by atoms with van der Waals surface area (Å²) in [5.41, 5.74) is 9.98. The van der Waals surface area contributed by atoms with Crippen LogP contribution in [0, 0.1) is 5.92 Å². The number of carbonyl (C=O) groups is 2. The van der Waals surface area contributed by atoms with Gasteiger partial charge in [-0.1, -0.05) is 25.1 Å². The van der Waals surface area contributed by atoms with E-state index in [0.29, 0.717) is 34.3 Å². The molecule has 5 rings (SSSR count). The van der Waals surface area contributed by atoms with Crippen LogP contribution in [0.4, 0.5) is 5.00 Å². The van der Waals surface area contributed by atoms with Crippen molar-refractivity contribution >= 4 is 39.1 Å². The Morgan fingerprint density at radius 3 is 2.69 bits per heavy atom. The van der Waals surface area contributed by atoms with E-state index in [1.807, 2.05) is 55.5 Å². The molecule has 0 aliphatic heterocycles. The van der Waals surface area contributed by atoms with E-state index >= 15 is 0 Å². The lowest BCUT2D eigenvalue weighted by molar-refractivity contribution is 0.1000. The van der Waals surface area contributed by atoms with E-state index in [0.717, 1.165) is 51.9 Å². The molecule has 2 aromatic heterocycles. The molecule has 7 heteroatoms. The third-order valence-electron chi connectivity index (χ3n) is 6.41. The van der Waals surface area contributed by atoms with E-state index in [4.69, 9.17) is 15.5 Å². The van der Waals surface area contributed by atoms with Gasteiger partial charge in [-0.05, 0) is 74.1 Å². The molecule has 2 amide bonds. The summed E-state index contributed by atoms with van der Waals surface area (Å²) in [6.45, 7) is 4.74. The Morgan fingerprint density at radius 1 is 1.17 bits per heavy atom. The molecule has 178 valence electrons. The molecule has 2 aromatic carbocycles. The molecule has 1 aliphatic rings. The van der Waals surface area contributed by atoms with E-state index in [2.05, 4.69) is 12.2 Å². The van der Waals surface area contributed by atoms with Crippen LogP contribution in [0.5, 0.6) is 5.75 Å². The fourth-order valence-electron chi connectivity index (χ4n) is 4.67. The summed E-state index contributed by atoms with van der Waals surface area (Å²) in [5.74, 6) is 0.545. The van der Waals surface area contributed by atoms with E-state index in [1.165, 1.54) is 11.3 Å². The maximum atomic E-state index is 13.6. The van der Waals surface area contributed by atoms with Crippen molar-refractivity contribution in [3.63, 3.8) is 0 Å². The second-order valence-corrected chi connectivity index (χ2v) is 10.0. The van der Waals surface area contributed by atoms with Gasteiger partial charge < -0.3 is 15.8 Å². The second kappa shape index (κ2) is 9.50. The van der Waals surface area contributed by atoms with Gasteiger partial charge in [0.25, 0.3) is 11.8 Å². The van der Waals surface area contributed by atoms with Crippen LogP contribution in [-0.2, 0) is 12.8 Å². The number of hydrogen-bond acceptors (Lipinski definition) is 5. The van der Waals surface area contributed by atoms with Gasteiger partial charge in [-0.15, -0.1) is 11.3 Å². The van der Waals surface area contributed by atoms with Crippen LogP contribution in [-0.4, -0.2) is 23.4 Å². The summed E-state index contributed by atoms with van der Waals surface area (Å²) >= 11 is 1.47. The molecular formula is C28H27N3O3S. The van der Waals surface area contributed by atoms with Crippen molar-refractivity contribution in [2.75, 3.05) is 11.9 Å². The quantitative estimate of drug-likeness (QED) is 0.359. The number of benzene rings is 2. The number of carbonyl (C=O) groups excluding carboxylic acids is 2. The smallest absolute Gasteiger partial charge is 0.257 e. The molecule has 0 saturated heterocycles. The zero-order valence-corrected chi connectivity index (χ0v) is 20.6. The monoisotopic (exact) mass is 485 g/mol. The highest BCUT2D eigenvalue weighted by Gasteiger charge is 2.28. The molecule has 0 unspecified atom stereocenters. The molecule has 0 bridgehead atoms. The highest BCUT2D eigenvalue weighted by molar-refractivity contribution is 7.17. The lowest BCUT2D eigenvalue weighted by atomic mass is 9.88. The molecule has 3 N–H and O–H groups in total. The molecule has 4 aromatic rings. The van der Waals surface area contributed by atoms with Gasteiger partial charge in [0.15, 0.2) is 0 Å². The number of ether oxygens (including phenoxy) is 1. The lowest BCUT2D eigenvalue weighted by Gasteiger charge is -2.18. The Labute approximate surface area is 208 Å². The Bertz CT molecular complexity index is 1430. The van der Waals surface area contributed by atoms with Crippen molar-refractivity contribution in [2.45, 2.75) is 33.1 Å². The van der Waals surface area contributed by atoms with Crippen molar-refractivity contribution in [1.29, 1.82) is 0 Å². The Balaban J connectivity index is 1.55. The van der Waals surface area contributed by atoms with E-state index in [1.54, 1.807) is 6.07 Å². The average molecular weight is 486 g/mol. The highest BCUT2D eigenvalue weighted by atomic mass is 32.1. The number of nitrogens with one attached hydrogen (secondary N) is 1. The lowest BCUT2D eigenvalue weighted by Crippen LogP contribution is -2.19. The first-order valence-corrected chi connectivity index (χ1v) is 12.6. The minimum Gasteiger partial charge on any atom is -0.494 e. The molecule has 2 heterocycles. The van der Waals surface area contributed by atoms with Crippen LogP contribution in [0.25, 0.3) is 22.2 Å². The number of amides is 2. The first kappa shape index (κ1) is 23.1. The maximum absolute atomic E-state index is 13.6. The summed E-state index contributed by atoms with van der Waals surface area (Å²) in [6, 6.07) is 17.0. The molecular weight excluding hydrogens is 458 g/mol. The fraction of sp³-hybridized carbons (Fsp3) is 0.250. The van der Waals surface area contributed by atoms with Gasteiger partial charge in [0.2, 0.25) is 0 Å². The number of aromatic nitrogens is 1. The first-order chi connectivity index (χ1) is 16.9. The normalized spacial score (nSPS) is 15.0. The van der Waals surface area contributed by atoms with Crippen molar-refractivity contribution in [2.24, 2.45) is 11.7 Å². The van der Waals surface area contributed by atoms with Crippen LogP contribution in [0.1, 0.15) is 51.4 Å². The van der Waals surface area contributed by atoms with Crippen molar-refractivity contribution in [3.8, 4) is 17.0 Å². The summed E-state index contributed by atoms with van der Waals surface area (Å²) in [5, 5.41) is 4.29. The molecule has 0 radical (unpaired) electrons. The van der Waals surface area contributed by atoms with Crippen LogP contribution < -0.4 is 15.8 Å². The number of thiophene rings is 1. The molecule has 0 saturated carbocycles. The molecule has 0 spiro atoms. The number of pyridine rings is 1. The summed E-state index contributed by atoms with van der Waals surface area (Å²) in [6.07, 6.45) is 2.72. The molecule has 6 nitrogen and oxygen atoms in total. The van der Waals surface area contributed by atoms with Crippen LogP contribution in [0.15, 0.2) is 54.6 Å². The summed E-state index contributed by atoms with van der Waals surface area (Å²) < 4.78 is 5.55. The third kappa shape index (κ3) is 4.51. The summed E-state index contributed by atoms with van der Waals surface area (Å²) in [4.78, 5) is 31.9. The highest BCUT2D eigenvalue weighted by Crippen LogP contribution is 2.40. The SMILES string of the molecule is CCOc1ccc(-c2cc(C(=O)Nc3sc4c(c3C(N)=O)CC[C@H](C)C4)c3ccccc3n2)cc1. The standard InChI is InChI=1S/C28H27N3O3S/c1-3-34-18-11-9-17(10-12-18)23-15-21(19-6-4-5-7-22(19)30-23)27(33)31-28-25(26(29)32)20-13-8-16(2)14-24(20)35-28/h4-7,9-12,15-16H,3,8,13-14H2,1-2H3,(H2,29,32)(H,31,33)/t16-/m0/s1. The van der Waals surface area contributed by atoms with Crippen LogP contribution in [0.3, 0.4) is 0 Å². The van der Waals surface area contributed by atoms with Crippen LogP contribution >= 0.6 is 11.3 Å². The first-order valence-electron chi connectivity index (χ1n) is 11.8. The Kier molecular flexibility index (Phi) is 6.26. The molecule has 35 heavy (non-hydrogen) atoms. The number of hydrogen-bond donors (Lipinski definition) is 2. The number of rotatable bonds is 6. The van der Waals surface area contributed by atoms with Gasteiger partial charge in [0.1, 0.15) is 10.8 Å². The predicted octanol–water partition coefficient (Wildman–Crippen LogP) is 5.84. The van der Waals surface area contributed by atoms with Gasteiger partial charge in [0.05, 0.1) is 28.9 Å². The molecule has 1 atom stereocenters. The van der Waals surface area contributed by atoms with Gasteiger partial charge in [-0.25, -0.2) is 4.98 Å². The second-order valence-electron chi connectivity index (χ2n) is 8.90. The van der Waals surface area contributed by atoms with E-state index in [-0.39, 0.29) is 5.91 Å². The van der Waals surface area contributed by atoms with E-state index < -0.39 is 5.91 Å². The zero-order valence-electron chi connectivity index (χ0n) is 19.8. The number of fused-ring (bicyclic) bond motifs is 2. The van der Waals surface area contributed by atoms with E-state index in [9.17, 15) is 9.59 Å². The largest absolute Gasteiger partial charge is 0.494 e. The fourth-order valence-corrected chi connectivity index (χ4v) is 6.08. The van der Waals surface area contributed by atoms with Gasteiger partial charge in [0, 0.05) is 15.8 Å². The van der Waals surface area contributed by atoms with Gasteiger partial charge in [-0.3, -0.25) is 9.59 Å². The van der Waals surface area contributed by atoms with Gasteiger partial charge >= 0.3 is 0 Å². The predicted molar refractivity (Wildman–Crippen MR) is 140 cm³/mol.